The lowest BCUT2D eigenvalue weighted by Crippen LogP contribution is -2.36. The Morgan fingerprint density at radius 2 is 2.04 bits per heavy atom. The van der Waals surface area contributed by atoms with E-state index >= 15 is 0 Å². The average molecular weight is 371 g/mol. The summed E-state index contributed by atoms with van der Waals surface area (Å²) in [7, 11) is 0. The first-order chi connectivity index (χ1) is 12.5. The smallest absolute Gasteiger partial charge is 0.240 e. The minimum absolute atomic E-state index is 0.00672. The molecule has 0 saturated heterocycles. The van der Waals surface area contributed by atoms with Crippen LogP contribution in [-0.2, 0) is 4.79 Å². The number of hydrogen-bond acceptors (Lipinski definition) is 6. The minimum atomic E-state index is -0.361. The number of carbonyl (C=O) groups is 1. The fraction of sp³-hybridized carbons (Fsp3) is 0.278. The molecule has 0 aliphatic rings. The molecule has 2 heterocycles. The number of nitrogens with zero attached hydrogens (tertiary/aromatic N) is 4. The molecule has 1 atom stereocenters. The van der Waals surface area contributed by atoms with Crippen molar-refractivity contribution in [3.8, 4) is 11.4 Å². The molecule has 3 rings (SSSR count). The summed E-state index contributed by atoms with van der Waals surface area (Å²) >= 11 is 1.28. The standard InChI is InChI=1S/C18H21N5O2S/c1-4-22(14-8-6-5-7-9-14)17(24)13(3)26-18-21-20-16(23(18)19)15-10-11-25-12(15)2/h5-11,13H,4,19H2,1-3H3. The topological polar surface area (TPSA) is 90.2 Å². The van der Waals surface area contributed by atoms with Gasteiger partial charge in [0.15, 0.2) is 5.82 Å². The Hall–Kier alpha value is -2.74. The maximum absolute atomic E-state index is 12.9. The second kappa shape index (κ2) is 7.65. The number of hydrogen-bond donors (Lipinski definition) is 1. The van der Waals surface area contributed by atoms with Crippen LogP contribution in [0.25, 0.3) is 11.4 Å². The quantitative estimate of drug-likeness (QED) is 0.529. The van der Waals surface area contributed by atoms with Crippen LogP contribution in [0.5, 0.6) is 0 Å². The van der Waals surface area contributed by atoms with Gasteiger partial charge in [-0.05, 0) is 39.0 Å². The van der Waals surface area contributed by atoms with Crippen molar-refractivity contribution in [1.29, 1.82) is 0 Å². The zero-order chi connectivity index (χ0) is 18.7. The van der Waals surface area contributed by atoms with Crippen LogP contribution in [0.2, 0.25) is 0 Å². The first kappa shape index (κ1) is 18.1. The highest BCUT2D eigenvalue weighted by Crippen LogP contribution is 2.28. The Morgan fingerprint density at radius 1 is 1.31 bits per heavy atom. The molecule has 0 radical (unpaired) electrons. The van der Waals surface area contributed by atoms with Gasteiger partial charge < -0.3 is 15.2 Å². The third kappa shape index (κ3) is 3.45. The Morgan fingerprint density at radius 3 is 2.65 bits per heavy atom. The minimum Gasteiger partial charge on any atom is -0.469 e. The van der Waals surface area contributed by atoms with E-state index in [4.69, 9.17) is 10.3 Å². The number of para-hydroxylation sites is 1. The molecule has 0 fully saturated rings. The molecule has 1 unspecified atom stereocenters. The van der Waals surface area contributed by atoms with Crippen LogP contribution in [0.4, 0.5) is 5.69 Å². The summed E-state index contributed by atoms with van der Waals surface area (Å²) in [6.45, 7) is 6.22. The van der Waals surface area contributed by atoms with Crippen LogP contribution >= 0.6 is 11.8 Å². The zero-order valence-electron chi connectivity index (χ0n) is 14.9. The number of benzene rings is 1. The maximum atomic E-state index is 12.9. The van der Waals surface area contributed by atoms with Gasteiger partial charge in [0, 0.05) is 12.2 Å². The van der Waals surface area contributed by atoms with E-state index in [1.165, 1.54) is 16.4 Å². The first-order valence-electron chi connectivity index (χ1n) is 8.31. The van der Waals surface area contributed by atoms with Crippen LogP contribution in [0.3, 0.4) is 0 Å². The molecule has 2 aromatic heterocycles. The monoisotopic (exact) mass is 371 g/mol. The average Bonchev–Trinajstić information content (AvgIpc) is 3.22. The summed E-state index contributed by atoms with van der Waals surface area (Å²) in [5.41, 5.74) is 1.65. The van der Waals surface area contributed by atoms with Crippen molar-refractivity contribution in [1.82, 2.24) is 14.9 Å². The van der Waals surface area contributed by atoms with E-state index in [1.54, 1.807) is 17.2 Å². The van der Waals surface area contributed by atoms with Gasteiger partial charge in [0.1, 0.15) is 5.76 Å². The Kier molecular flexibility index (Phi) is 5.32. The molecule has 0 bridgehead atoms. The predicted molar refractivity (Wildman–Crippen MR) is 102 cm³/mol. The van der Waals surface area contributed by atoms with Gasteiger partial charge in [-0.3, -0.25) is 4.79 Å². The molecule has 2 N–H and O–H groups in total. The van der Waals surface area contributed by atoms with Gasteiger partial charge in [-0.15, -0.1) is 10.2 Å². The lowest BCUT2D eigenvalue weighted by molar-refractivity contribution is -0.117. The molecular formula is C18H21N5O2S. The van der Waals surface area contributed by atoms with Gasteiger partial charge in [-0.2, -0.15) is 0 Å². The molecule has 3 aromatic rings. The van der Waals surface area contributed by atoms with E-state index in [2.05, 4.69) is 10.2 Å². The number of carbonyl (C=O) groups excluding carboxylic acids is 1. The van der Waals surface area contributed by atoms with E-state index in [9.17, 15) is 4.79 Å². The number of aromatic nitrogens is 3. The van der Waals surface area contributed by atoms with Crippen LogP contribution < -0.4 is 10.7 Å². The van der Waals surface area contributed by atoms with Crippen molar-refractivity contribution in [2.24, 2.45) is 0 Å². The molecular weight excluding hydrogens is 350 g/mol. The predicted octanol–water partition coefficient (Wildman–Crippen LogP) is 3.09. The first-order valence-corrected chi connectivity index (χ1v) is 9.19. The van der Waals surface area contributed by atoms with E-state index < -0.39 is 0 Å². The van der Waals surface area contributed by atoms with Crippen LogP contribution in [0.1, 0.15) is 19.6 Å². The largest absolute Gasteiger partial charge is 0.469 e. The summed E-state index contributed by atoms with van der Waals surface area (Å²) in [6.07, 6.45) is 1.58. The van der Waals surface area contributed by atoms with Crippen molar-refractivity contribution in [3.05, 3.63) is 48.4 Å². The molecule has 0 spiro atoms. The van der Waals surface area contributed by atoms with E-state index in [0.29, 0.717) is 23.3 Å². The summed E-state index contributed by atoms with van der Waals surface area (Å²) in [5, 5.41) is 8.38. The number of nitrogens with two attached hydrogens (primary N) is 1. The molecule has 136 valence electrons. The molecule has 0 aliphatic carbocycles. The normalized spacial score (nSPS) is 12.1. The molecule has 0 saturated carbocycles. The van der Waals surface area contributed by atoms with Gasteiger partial charge in [0.2, 0.25) is 11.1 Å². The Labute approximate surface area is 156 Å². The van der Waals surface area contributed by atoms with Crippen LogP contribution in [0, 0.1) is 6.92 Å². The zero-order valence-corrected chi connectivity index (χ0v) is 15.7. The van der Waals surface area contributed by atoms with Crippen molar-refractivity contribution in [3.63, 3.8) is 0 Å². The fourth-order valence-electron chi connectivity index (χ4n) is 2.66. The Balaban J connectivity index is 1.78. The molecule has 8 heteroatoms. The SMILES string of the molecule is CCN(C(=O)C(C)Sc1nnc(-c2ccoc2C)n1N)c1ccccc1. The second-order valence-electron chi connectivity index (χ2n) is 5.74. The summed E-state index contributed by atoms with van der Waals surface area (Å²) in [4.78, 5) is 14.6. The summed E-state index contributed by atoms with van der Waals surface area (Å²) in [6, 6.07) is 11.4. The van der Waals surface area contributed by atoms with Gasteiger partial charge in [-0.1, -0.05) is 30.0 Å². The van der Waals surface area contributed by atoms with Gasteiger partial charge in [-0.25, -0.2) is 4.68 Å². The number of aryl methyl sites for hydroxylation is 1. The number of amides is 1. The summed E-state index contributed by atoms with van der Waals surface area (Å²) in [5.74, 6) is 7.35. The highest BCUT2D eigenvalue weighted by molar-refractivity contribution is 8.00. The highest BCUT2D eigenvalue weighted by Gasteiger charge is 2.25. The number of rotatable bonds is 6. The van der Waals surface area contributed by atoms with Crippen molar-refractivity contribution in [2.45, 2.75) is 31.2 Å². The number of thioether (sulfide) groups is 1. The Bertz CT molecular complexity index is 890. The van der Waals surface area contributed by atoms with E-state index in [1.807, 2.05) is 51.1 Å². The van der Waals surface area contributed by atoms with Gasteiger partial charge >= 0.3 is 0 Å². The van der Waals surface area contributed by atoms with Gasteiger partial charge in [0.05, 0.1) is 17.1 Å². The van der Waals surface area contributed by atoms with Crippen molar-refractivity contribution >= 4 is 23.4 Å². The lowest BCUT2D eigenvalue weighted by atomic mass is 10.2. The second-order valence-corrected chi connectivity index (χ2v) is 7.05. The van der Waals surface area contributed by atoms with E-state index in [0.717, 1.165) is 11.3 Å². The molecule has 1 amide bonds. The lowest BCUT2D eigenvalue weighted by Gasteiger charge is -2.24. The highest BCUT2D eigenvalue weighted by atomic mass is 32.2. The number of nitrogen functional groups attached to an aromatic ring is 1. The van der Waals surface area contributed by atoms with E-state index in [-0.39, 0.29) is 11.2 Å². The third-order valence-electron chi connectivity index (χ3n) is 4.04. The molecule has 0 aliphatic heterocycles. The summed E-state index contributed by atoms with van der Waals surface area (Å²) < 4.78 is 6.69. The molecule has 26 heavy (non-hydrogen) atoms. The van der Waals surface area contributed by atoms with Crippen molar-refractivity contribution in [2.75, 3.05) is 17.3 Å². The molecule has 7 nitrogen and oxygen atoms in total. The third-order valence-corrected chi connectivity index (χ3v) is 5.09. The fourth-order valence-corrected chi connectivity index (χ4v) is 3.49. The molecule has 1 aromatic carbocycles. The number of anilines is 1. The van der Waals surface area contributed by atoms with Crippen LogP contribution in [-0.4, -0.2) is 32.6 Å². The van der Waals surface area contributed by atoms with Gasteiger partial charge in [0.25, 0.3) is 0 Å². The maximum Gasteiger partial charge on any atom is 0.240 e. The van der Waals surface area contributed by atoms with Crippen molar-refractivity contribution < 1.29 is 9.21 Å². The number of furan rings is 1. The van der Waals surface area contributed by atoms with Crippen LogP contribution in [0.15, 0.2) is 52.2 Å².